The van der Waals surface area contributed by atoms with Crippen LogP contribution in [0.2, 0.25) is 0 Å². The summed E-state index contributed by atoms with van der Waals surface area (Å²) in [5, 5.41) is 16.2. The van der Waals surface area contributed by atoms with Crippen LogP contribution in [0.5, 0.6) is 0 Å². The summed E-state index contributed by atoms with van der Waals surface area (Å²) in [5.41, 5.74) is 3.20. The van der Waals surface area contributed by atoms with E-state index in [-0.39, 0.29) is 12.5 Å². The van der Waals surface area contributed by atoms with E-state index in [2.05, 4.69) is 35.8 Å². The zero-order chi connectivity index (χ0) is 19.3. The zero-order valence-corrected chi connectivity index (χ0v) is 15.4. The van der Waals surface area contributed by atoms with E-state index < -0.39 is 0 Å². The second-order valence-electron chi connectivity index (χ2n) is 6.38. The summed E-state index contributed by atoms with van der Waals surface area (Å²) in [6.07, 6.45) is 0. The number of aromatic nitrogens is 6. The van der Waals surface area contributed by atoms with E-state index in [1.807, 2.05) is 25.1 Å². The Bertz CT molecular complexity index is 937. The molecular weight excluding hydrogens is 360 g/mol. The molecule has 10 nitrogen and oxygen atoms in total. The zero-order valence-electron chi connectivity index (χ0n) is 15.4. The number of H-pyrrole nitrogens is 1. The Labute approximate surface area is 161 Å². The molecule has 0 bridgehead atoms. The molecule has 144 valence electrons. The maximum absolute atomic E-state index is 12.3. The van der Waals surface area contributed by atoms with Gasteiger partial charge in [0.25, 0.3) is 5.91 Å². The molecule has 2 aromatic heterocycles. The van der Waals surface area contributed by atoms with E-state index in [1.165, 1.54) is 0 Å². The summed E-state index contributed by atoms with van der Waals surface area (Å²) in [5.74, 6) is 0.932. The van der Waals surface area contributed by atoms with Crippen molar-refractivity contribution in [3.63, 3.8) is 0 Å². The van der Waals surface area contributed by atoms with Crippen LogP contribution >= 0.6 is 0 Å². The Hall–Kier alpha value is -3.40. The number of benzene rings is 1. The highest BCUT2D eigenvalue weighted by molar-refractivity contribution is 5.94. The van der Waals surface area contributed by atoms with Gasteiger partial charge in [0.15, 0.2) is 5.82 Å². The van der Waals surface area contributed by atoms with Crippen molar-refractivity contribution >= 4 is 11.9 Å². The first-order valence-corrected chi connectivity index (χ1v) is 8.98. The van der Waals surface area contributed by atoms with Crippen molar-refractivity contribution in [3.8, 4) is 11.3 Å². The van der Waals surface area contributed by atoms with Crippen LogP contribution < -0.4 is 10.2 Å². The second-order valence-corrected chi connectivity index (χ2v) is 6.38. The third-order valence-corrected chi connectivity index (χ3v) is 4.38. The first-order valence-electron chi connectivity index (χ1n) is 8.98. The molecule has 0 spiro atoms. The number of nitrogens with zero attached hydrogens (tertiary/aromatic N) is 6. The molecule has 1 aliphatic rings. The van der Waals surface area contributed by atoms with Gasteiger partial charge in [-0.2, -0.15) is 5.21 Å². The minimum absolute atomic E-state index is 0.204. The number of hydrogen-bond acceptors (Lipinski definition) is 8. The van der Waals surface area contributed by atoms with Crippen LogP contribution in [0.25, 0.3) is 11.3 Å². The van der Waals surface area contributed by atoms with Gasteiger partial charge in [-0.1, -0.05) is 17.3 Å². The van der Waals surface area contributed by atoms with Gasteiger partial charge in [-0.25, -0.2) is 9.97 Å². The molecule has 3 aromatic rings. The molecule has 3 heterocycles. The van der Waals surface area contributed by atoms with Crippen LogP contribution in [0.15, 0.2) is 30.3 Å². The Morgan fingerprint density at radius 2 is 2.00 bits per heavy atom. The summed E-state index contributed by atoms with van der Waals surface area (Å²) in [6, 6.07) is 9.25. The molecule has 0 saturated carbocycles. The van der Waals surface area contributed by atoms with Crippen molar-refractivity contribution in [2.75, 3.05) is 31.2 Å². The Kier molecular flexibility index (Phi) is 5.20. The van der Waals surface area contributed by atoms with Crippen molar-refractivity contribution < 1.29 is 9.53 Å². The number of nitrogens with one attached hydrogen (secondary N) is 2. The van der Waals surface area contributed by atoms with Crippen LogP contribution in [-0.2, 0) is 11.3 Å². The molecule has 28 heavy (non-hydrogen) atoms. The number of carbonyl (C=O) groups excluding carboxylic acids is 1. The van der Waals surface area contributed by atoms with Gasteiger partial charge >= 0.3 is 0 Å². The highest BCUT2D eigenvalue weighted by Crippen LogP contribution is 2.22. The fourth-order valence-electron chi connectivity index (χ4n) is 2.92. The topological polar surface area (TPSA) is 122 Å². The first-order chi connectivity index (χ1) is 13.7. The number of tetrazole rings is 1. The van der Waals surface area contributed by atoms with Crippen LogP contribution in [0, 0.1) is 6.92 Å². The quantitative estimate of drug-likeness (QED) is 0.664. The average molecular weight is 380 g/mol. The summed E-state index contributed by atoms with van der Waals surface area (Å²) in [7, 11) is 0. The van der Waals surface area contributed by atoms with E-state index in [1.54, 1.807) is 12.1 Å². The van der Waals surface area contributed by atoms with Gasteiger partial charge in [0.2, 0.25) is 5.95 Å². The van der Waals surface area contributed by atoms with E-state index in [9.17, 15) is 4.79 Å². The Morgan fingerprint density at radius 3 is 2.71 bits per heavy atom. The fourth-order valence-corrected chi connectivity index (χ4v) is 2.92. The summed E-state index contributed by atoms with van der Waals surface area (Å²) < 4.78 is 5.40. The molecule has 0 radical (unpaired) electrons. The van der Waals surface area contributed by atoms with E-state index >= 15 is 0 Å². The largest absolute Gasteiger partial charge is 0.378 e. The van der Waals surface area contributed by atoms with E-state index in [0.29, 0.717) is 30.5 Å². The number of aryl methyl sites for hydroxylation is 1. The molecule has 2 N–H and O–H groups in total. The van der Waals surface area contributed by atoms with Gasteiger partial charge < -0.3 is 15.0 Å². The molecular formula is C18H20N8O2. The highest BCUT2D eigenvalue weighted by Gasteiger charge is 2.16. The summed E-state index contributed by atoms with van der Waals surface area (Å²) in [6.45, 7) is 5.09. The van der Waals surface area contributed by atoms with Gasteiger partial charge in [-0.3, -0.25) is 4.79 Å². The lowest BCUT2D eigenvalue weighted by atomic mass is 10.1. The monoisotopic (exact) mass is 380 g/mol. The third-order valence-electron chi connectivity index (χ3n) is 4.38. The van der Waals surface area contributed by atoms with Crippen molar-refractivity contribution in [1.29, 1.82) is 0 Å². The van der Waals surface area contributed by atoms with Gasteiger partial charge in [0, 0.05) is 29.9 Å². The predicted molar refractivity (Wildman–Crippen MR) is 101 cm³/mol. The van der Waals surface area contributed by atoms with Crippen LogP contribution in [-0.4, -0.2) is 62.8 Å². The van der Waals surface area contributed by atoms with Crippen LogP contribution in [0.1, 0.15) is 21.9 Å². The maximum Gasteiger partial charge on any atom is 0.251 e. The summed E-state index contributed by atoms with van der Waals surface area (Å²) in [4.78, 5) is 23.6. The minimum Gasteiger partial charge on any atom is -0.378 e. The van der Waals surface area contributed by atoms with E-state index in [4.69, 9.17) is 9.72 Å². The second kappa shape index (κ2) is 8.09. The third kappa shape index (κ3) is 4.12. The van der Waals surface area contributed by atoms with Crippen molar-refractivity contribution in [3.05, 3.63) is 47.4 Å². The Morgan fingerprint density at radius 1 is 1.21 bits per heavy atom. The van der Waals surface area contributed by atoms with Crippen LogP contribution in [0.3, 0.4) is 0 Å². The average Bonchev–Trinajstić information content (AvgIpc) is 3.26. The van der Waals surface area contributed by atoms with Gasteiger partial charge in [0.1, 0.15) is 0 Å². The van der Waals surface area contributed by atoms with Gasteiger partial charge in [-0.15, -0.1) is 10.2 Å². The summed E-state index contributed by atoms with van der Waals surface area (Å²) >= 11 is 0. The molecule has 1 amide bonds. The Balaban J connectivity index is 1.48. The molecule has 0 atom stereocenters. The molecule has 1 saturated heterocycles. The van der Waals surface area contributed by atoms with Gasteiger partial charge in [-0.05, 0) is 25.1 Å². The number of anilines is 1. The molecule has 1 aromatic carbocycles. The normalized spacial score (nSPS) is 14.1. The van der Waals surface area contributed by atoms with Crippen molar-refractivity contribution in [2.24, 2.45) is 0 Å². The number of morpholine rings is 1. The number of rotatable bonds is 5. The maximum atomic E-state index is 12.3. The van der Waals surface area contributed by atoms with Crippen molar-refractivity contribution in [1.82, 2.24) is 35.9 Å². The fraction of sp³-hybridized carbons (Fsp3) is 0.333. The van der Waals surface area contributed by atoms with Crippen molar-refractivity contribution in [2.45, 2.75) is 13.5 Å². The number of hydrogen-bond donors (Lipinski definition) is 2. The smallest absolute Gasteiger partial charge is 0.251 e. The molecule has 1 fully saturated rings. The van der Waals surface area contributed by atoms with Crippen LogP contribution in [0.4, 0.5) is 5.95 Å². The lowest BCUT2D eigenvalue weighted by molar-refractivity contribution is 0.0950. The first kappa shape index (κ1) is 18.0. The standard InChI is InChI=1S/C18H20N8O2/c1-12-10-15(21-18(20-12)26-6-8-28-9-7-26)13-2-4-14(5-3-13)17(27)19-11-16-22-24-25-23-16/h2-5,10H,6-9,11H2,1H3,(H,19,27)(H,22,23,24,25). The molecule has 1 aliphatic heterocycles. The lowest BCUT2D eigenvalue weighted by Gasteiger charge is -2.27. The number of ether oxygens (including phenoxy) is 1. The van der Waals surface area contributed by atoms with Gasteiger partial charge in [0.05, 0.1) is 25.5 Å². The lowest BCUT2D eigenvalue weighted by Crippen LogP contribution is -2.37. The molecule has 10 heteroatoms. The minimum atomic E-state index is -0.204. The predicted octanol–water partition coefficient (Wildman–Crippen LogP) is 0.732. The SMILES string of the molecule is Cc1cc(-c2ccc(C(=O)NCc3nn[nH]n3)cc2)nc(N2CCOCC2)n1. The number of carbonyl (C=O) groups is 1. The molecule has 4 rings (SSSR count). The molecule has 0 unspecified atom stereocenters. The highest BCUT2D eigenvalue weighted by atomic mass is 16.5. The number of amides is 1. The van der Waals surface area contributed by atoms with E-state index in [0.717, 1.165) is 30.0 Å². The number of aromatic amines is 1. The molecule has 0 aliphatic carbocycles.